The lowest BCUT2D eigenvalue weighted by atomic mass is 10.1. The van der Waals surface area contributed by atoms with Crippen LogP contribution in [0.1, 0.15) is 26.2 Å². The number of carbonyl (C=O) groups excluding carboxylic acids is 1. The first-order valence-electron chi connectivity index (χ1n) is 6.52. The summed E-state index contributed by atoms with van der Waals surface area (Å²) in [7, 11) is -1.31. The van der Waals surface area contributed by atoms with E-state index in [9.17, 15) is 4.79 Å². The second-order valence-electron chi connectivity index (χ2n) is 5.43. The largest absolute Gasteiger partial charge is 0.463 e. The van der Waals surface area contributed by atoms with Crippen molar-refractivity contribution < 1.29 is 9.53 Å². The quantitative estimate of drug-likeness (QED) is 0.442. The second-order valence-corrected chi connectivity index (χ2v) is 10.2. The summed E-state index contributed by atoms with van der Waals surface area (Å²) >= 11 is 0. The molecule has 0 bridgehead atoms. The number of carbonyl (C=O) groups is 1. The summed E-state index contributed by atoms with van der Waals surface area (Å²) in [5.41, 5.74) is 5.21. The van der Waals surface area contributed by atoms with Gasteiger partial charge in [0.2, 0.25) is 0 Å². The molecular formula is C15H22O2Si. The van der Waals surface area contributed by atoms with Gasteiger partial charge in [0, 0.05) is 5.57 Å². The molecule has 0 aromatic rings. The number of rotatable bonds is 3. The van der Waals surface area contributed by atoms with Crippen LogP contribution >= 0.6 is 0 Å². The molecule has 0 N–H and O–H groups in total. The molecule has 0 saturated carbocycles. The molecule has 0 aliphatic heterocycles. The van der Waals surface area contributed by atoms with E-state index in [1.54, 1.807) is 0 Å². The van der Waals surface area contributed by atoms with E-state index in [1.807, 2.05) is 19.1 Å². The van der Waals surface area contributed by atoms with Gasteiger partial charge < -0.3 is 4.74 Å². The first-order chi connectivity index (χ1) is 8.44. The highest BCUT2D eigenvalue weighted by molar-refractivity contribution is 6.83. The molecule has 3 heteroatoms. The van der Waals surface area contributed by atoms with Crippen LogP contribution in [-0.2, 0) is 9.53 Å². The van der Waals surface area contributed by atoms with Crippen LogP contribution in [0.4, 0.5) is 0 Å². The molecular weight excluding hydrogens is 240 g/mol. The maximum Gasteiger partial charge on any atom is 0.334 e. The second kappa shape index (κ2) is 6.60. The van der Waals surface area contributed by atoms with Crippen LogP contribution in [0.2, 0.25) is 19.6 Å². The summed E-state index contributed by atoms with van der Waals surface area (Å²) in [6.45, 7) is 8.92. The van der Waals surface area contributed by atoms with Gasteiger partial charge in [-0.05, 0) is 37.8 Å². The summed E-state index contributed by atoms with van der Waals surface area (Å²) in [6.07, 6.45) is 6.68. The predicted octanol–water partition coefficient (Wildman–Crippen LogP) is 3.47. The zero-order chi connectivity index (χ0) is 13.6. The monoisotopic (exact) mass is 262 g/mol. The molecule has 0 atom stereocenters. The van der Waals surface area contributed by atoms with E-state index in [2.05, 4.69) is 31.1 Å². The Morgan fingerprint density at radius 3 is 2.72 bits per heavy atom. The number of hydrogen-bond acceptors (Lipinski definition) is 2. The maximum atomic E-state index is 11.7. The minimum atomic E-state index is -1.31. The predicted molar refractivity (Wildman–Crippen MR) is 77.8 cm³/mol. The van der Waals surface area contributed by atoms with E-state index < -0.39 is 8.07 Å². The third-order valence-electron chi connectivity index (χ3n) is 2.60. The molecule has 98 valence electrons. The molecule has 1 rings (SSSR count). The maximum absolute atomic E-state index is 11.7. The number of esters is 1. The molecule has 0 spiro atoms. The van der Waals surface area contributed by atoms with Crippen molar-refractivity contribution >= 4 is 14.0 Å². The molecule has 0 radical (unpaired) electrons. The van der Waals surface area contributed by atoms with Gasteiger partial charge in [-0.1, -0.05) is 31.6 Å². The van der Waals surface area contributed by atoms with Crippen molar-refractivity contribution in [3.05, 3.63) is 23.3 Å². The molecule has 18 heavy (non-hydrogen) atoms. The fourth-order valence-electron chi connectivity index (χ4n) is 1.80. The van der Waals surface area contributed by atoms with E-state index in [0.29, 0.717) is 6.61 Å². The molecule has 0 heterocycles. The Balaban J connectivity index is 2.74. The van der Waals surface area contributed by atoms with Crippen LogP contribution in [0, 0.1) is 11.5 Å². The Labute approximate surface area is 111 Å². The highest BCUT2D eigenvalue weighted by Crippen LogP contribution is 2.27. The molecule has 1 aliphatic rings. The van der Waals surface area contributed by atoms with Gasteiger partial charge in [-0.25, -0.2) is 4.79 Å². The normalized spacial score (nSPS) is 15.8. The van der Waals surface area contributed by atoms with Crippen molar-refractivity contribution in [3.63, 3.8) is 0 Å². The van der Waals surface area contributed by atoms with Crippen LogP contribution in [0.15, 0.2) is 23.3 Å². The van der Waals surface area contributed by atoms with Crippen LogP contribution < -0.4 is 0 Å². The van der Waals surface area contributed by atoms with Crippen molar-refractivity contribution in [2.75, 3.05) is 6.61 Å². The zero-order valence-corrected chi connectivity index (χ0v) is 12.8. The molecule has 0 aromatic carbocycles. The summed E-state index contributed by atoms with van der Waals surface area (Å²) < 4.78 is 5.06. The molecule has 0 amide bonds. The Bertz CT molecular complexity index is 428. The van der Waals surface area contributed by atoms with Gasteiger partial charge >= 0.3 is 5.97 Å². The van der Waals surface area contributed by atoms with E-state index in [0.717, 1.165) is 30.4 Å². The number of ether oxygens (including phenoxy) is 1. The van der Waals surface area contributed by atoms with Crippen LogP contribution in [0.25, 0.3) is 0 Å². The Morgan fingerprint density at radius 2 is 2.11 bits per heavy atom. The van der Waals surface area contributed by atoms with E-state index in [4.69, 9.17) is 4.74 Å². The van der Waals surface area contributed by atoms with Crippen molar-refractivity contribution in [3.8, 4) is 11.5 Å². The van der Waals surface area contributed by atoms with Crippen molar-refractivity contribution in [1.29, 1.82) is 0 Å². The fraction of sp³-hybridized carbons (Fsp3) is 0.533. The van der Waals surface area contributed by atoms with Gasteiger partial charge in [-0.15, -0.1) is 5.54 Å². The highest BCUT2D eigenvalue weighted by Gasteiger charge is 2.19. The first kappa shape index (κ1) is 14.8. The minimum absolute atomic E-state index is 0.159. The number of allylic oxidation sites excluding steroid dienone is 3. The highest BCUT2D eigenvalue weighted by atomic mass is 28.3. The van der Waals surface area contributed by atoms with Gasteiger partial charge in [-0.3, -0.25) is 0 Å². The van der Waals surface area contributed by atoms with Crippen LogP contribution in [0.5, 0.6) is 0 Å². The van der Waals surface area contributed by atoms with Gasteiger partial charge in [0.1, 0.15) is 8.07 Å². The molecule has 0 fully saturated rings. The van der Waals surface area contributed by atoms with Gasteiger partial charge in [-0.2, -0.15) is 0 Å². The fourth-order valence-corrected chi connectivity index (χ4v) is 2.32. The van der Waals surface area contributed by atoms with Gasteiger partial charge in [0.15, 0.2) is 0 Å². The average Bonchev–Trinajstić information content (AvgIpc) is 2.71. The molecule has 0 saturated heterocycles. The van der Waals surface area contributed by atoms with E-state index in [-0.39, 0.29) is 5.97 Å². The molecule has 0 unspecified atom stereocenters. The SMILES string of the molecule is CCOC(=O)C1=C(/C=C\C#C[Si](C)(C)C)CCC1. The minimum Gasteiger partial charge on any atom is -0.463 e. The Hall–Kier alpha value is -1.27. The van der Waals surface area contributed by atoms with E-state index >= 15 is 0 Å². The van der Waals surface area contributed by atoms with Crippen molar-refractivity contribution in [1.82, 2.24) is 0 Å². The smallest absolute Gasteiger partial charge is 0.334 e. The van der Waals surface area contributed by atoms with Crippen LogP contribution in [0.3, 0.4) is 0 Å². The molecule has 0 aromatic heterocycles. The van der Waals surface area contributed by atoms with Crippen molar-refractivity contribution in [2.24, 2.45) is 0 Å². The number of hydrogen-bond donors (Lipinski definition) is 0. The summed E-state index contributed by atoms with van der Waals surface area (Å²) in [5.74, 6) is 2.93. The summed E-state index contributed by atoms with van der Waals surface area (Å²) in [4.78, 5) is 11.7. The standard InChI is InChI=1S/C15H22O2Si/c1-5-17-15(16)14-11-8-10-13(14)9-6-7-12-18(2,3)4/h6,9H,5,8,10-11H2,1-4H3/b9-6-. The molecule has 1 aliphatic carbocycles. The summed E-state index contributed by atoms with van der Waals surface area (Å²) in [5, 5.41) is 0. The first-order valence-corrected chi connectivity index (χ1v) is 10.0. The summed E-state index contributed by atoms with van der Waals surface area (Å²) in [6, 6.07) is 0. The molecule has 2 nitrogen and oxygen atoms in total. The lowest BCUT2D eigenvalue weighted by Gasteiger charge is -2.03. The lowest BCUT2D eigenvalue weighted by Crippen LogP contribution is -2.16. The lowest BCUT2D eigenvalue weighted by molar-refractivity contribution is -0.138. The van der Waals surface area contributed by atoms with Gasteiger partial charge in [0.05, 0.1) is 6.61 Å². The van der Waals surface area contributed by atoms with E-state index in [1.165, 1.54) is 0 Å². The van der Waals surface area contributed by atoms with Crippen molar-refractivity contribution in [2.45, 2.75) is 45.8 Å². The topological polar surface area (TPSA) is 26.3 Å². The zero-order valence-electron chi connectivity index (χ0n) is 11.8. The third-order valence-corrected chi connectivity index (χ3v) is 3.49. The van der Waals surface area contributed by atoms with Gasteiger partial charge in [0.25, 0.3) is 0 Å². The third kappa shape index (κ3) is 4.93. The van der Waals surface area contributed by atoms with Crippen LogP contribution in [-0.4, -0.2) is 20.7 Å². The Morgan fingerprint density at radius 1 is 1.39 bits per heavy atom. The Kier molecular flexibility index (Phi) is 5.42. The average molecular weight is 262 g/mol.